The van der Waals surface area contributed by atoms with Gasteiger partial charge in [-0.3, -0.25) is 4.98 Å². The number of esters is 1. The second-order valence-corrected chi connectivity index (χ2v) is 2.56. The van der Waals surface area contributed by atoms with Crippen molar-refractivity contribution in [1.82, 2.24) is 9.97 Å². The molecule has 0 saturated carbocycles. The standard InChI is InChI=1S/C8H10N2O3/c1-4-6(8(12)13-3)10-7(11)5(2)9-4/h1-3H3,(H,10,11). The van der Waals surface area contributed by atoms with Crippen molar-refractivity contribution in [3.63, 3.8) is 0 Å². The topological polar surface area (TPSA) is 72.3 Å². The molecule has 70 valence electrons. The second kappa shape index (κ2) is 3.38. The first-order chi connectivity index (χ1) is 6.06. The summed E-state index contributed by atoms with van der Waals surface area (Å²) in [4.78, 5) is 18.7. The maximum Gasteiger partial charge on any atom is 0.358 e. The summed E-state index contributed by atoms with van der Waals surface area (Å²) in [6, 6.07) is 0. The molecule has 0 radical (unpaired) electrons. The molecule has 1 aromatic rings. The average Bonchev–Trinajstić information content (AvgIpc) is 2.10. The smallest absolute Gasteiger partial charge is 0.358 e. The number of methoxy groups -OCH3 is 1. The molecular weight excluding hydrogens is 172 g/mol. The first-order valence-corrected chi connectivity index (χ1v) is 3.68. The third kappa shape index (κ3) is 1.74. The zero-order valence-electron chi connectivity index (χ0n) is 7.66. The van der Waals surface area contributed by atoms with Crippen LogP contribution in [0.3, 0.4) is 0 Å². The zero-order valence-corrected chi connectivity index (χ0v) is 7.66. The molecule has 0 aliphatic heterocycles. The molecular formula is C8H10N2O3. The van der Waals surface area contributed by atoms with E-state index >= 15 is 0 Å². The number of carbonyl (C=O) groups excluding carboxylic acids is 1. The minimum atomic E-state index is -0.597. The summed E-state index contributed by atoms with van der Waals surface area (Å²) in [6.07, 6.45) is 0. The zero-order chi connectivity index (χ0) is 10.0. The van der Waals surface area contributed by atoms with Gasteiger partial charge < -0.3 is 9.84 Å². The Bertz CT molecular complexity index is 349. The van der Waals surface area contributed by atoms with E-state index in [4.69, 9.17) is 0 Å². The van der Waals surface area contributed by atoms with E-state index in [0.29, 0.717) is 11.4 Å². The molecule has 0 spiro atoms. The summed E-state index contributed by atoms with van der Waals surface area (Å²) in [5.74, 6) is -0.841. The molecule has 0 unspecified atom stereocenters. The number of aryl methyl sites for hydroxylation is 2. The van der Waals surface area contributed by atoms with E-state index < -0.39 is 5.97 Å². The number of hydrogen-bond donors (Lipinski definition) is 1. The summed E-state index contributed by atoms with van der Waals surface area (Å²) in [5.41, 5.74) is 0.887. The Morgan fingerprint density at radius 1 is 1.31 bits per heavy atom. The Labute approximate surface area is 75.4 Å². The lowest BCUT2D eigenvalue weighted by Gasteiger charge is -2.03. The van der Waals surface area contributed by atoms with Crippen LogP contribution in [0.15, 0.2) is 0 Å². The predicted molar refractivity (Wildman–Crippen MR) is 44.5 cm³/mol. The molecule has 0 aromatic carbocycles. The van der Waals surface area contributed by atoms with E-state index in [1.54, 1.807) is 13.8 Å². The number of carbonyl (C=O) groups is 1. The van der Waals surface area contributed by atoms with E-state index in [1.807, 2.05) is 0 Å². The molecule has 0 fully saturated rings. The molecule has 0 atom stereocenters. The summed E-state index contributed by atoms with van der Waals surface area (Å²) in [7, 11) is 1.25. The summed E-state index contributed by atoms with van der Waals surface area (Å²) >= 11 is 0. The van der Waals surface area contributed by atoms with Gasteiger partial charge in [-0.15, -0.1) is 0 Å². The highest BCUT2D eigenvalue weighted by Crippen LogP contribution is 2.13. The lowest BCUT2D eigenvalue weighted by molar-refractivity contribution is 0.0591. The fourth-order valence-electron chi connectivity index (χ4n) is 0.912. The third-order valence-electron chi connectivity index (χ3n) is 1.60. The number of hydrogen-bond acceptors (Lipinski definition) is 5. The number of ether oxygens (including phenoxy) is 1. The van der Waals surface area contributed by atoms with E-state index in [-0.39, 0.29) is 11.6 Å². The van der Waals surface area contributed by atoms with Crippen LogP contribution in [0, 0.1) is 13.8 Å². The largest absolute Gasteiger partial charge is 0.492 e. The number of rotatable bonds is 1. The van der Waals surface area contributed by atoms with E-state index in [2.05, 4.69) is 14.7 Å². The van der Waals surface area contributed by atoms with Gasteiger partial charge in [0.05, 0.1) is 18.5 Å². The number of nitrogens with zero attached hydrogens (tertiary/aromatic N) is 2. The maximum absolute atomic E-state index is 11.1. The minimum absolute atomic E-state index is 0.0469. The van der Waals surface area contributed by atoms with Gasteiger partial charge in [0, 0.05) is 0 Å². The molecule has 13 heavy (non-hydrogen) atoms. The molecule has 1 aromatic heterocycles. The van der Waals surface area contributed by atoms with Gasteiger partial charge in [-0.05, 0) is 13.8 Å². The lowest BCUT2D eigenvalue weighted by Crippen LogP contribution is -2.09. The van der Waals surface area contributed by atoms with Crippen LogP contribution in [0.4, 0.5) is 0 Å². The summed E-state index contributed by atoms with van der Waals surface area (Å²) in [6.45, 7) is 3.24. The molecule has 5 heteroatoms. The SMILES string of the molecule is COC(=O)c1nc(O)c(C)nc1C. The van der Waals surface area contributed by atoms with Gasteiger partial charge in [0.1, 0.15) is 0 Å². The van der Waals surface area contributed by atoms with Crippen LogP contribution >= 0.6 is 0 Å². The van der Waals surface area contributed by atoms with Crippen LogP contribution in [0.1, 0.15) is 21.9 Å². The Kier molecular flexibility index (Phi) is 2.46. The number of aromatic hydroxyl groups is 1. The van der Waals surface area contributed by atoms with Gasteiger partial charge >= 0.3 is 5.97 Å². The van der Waals surface area contributed by atoms with E-state index in [1.165, 1.54) is 7.11 Å². The fraction of sp³-hybridized carbons (Fsp3) is 0.375. The molecule has 0 saturated heterocycles. The maximum atomic E-state index is 11.1. The molecule has 5 nitrogen and oxygen atoms in total. The van der Waals surface area contributed by atoms with Crippen molar-refractivity contribution >= 4 is 5.97 Å². The van der Waals surface area contributed by atoms with Crippen molar-refractivity contribution in [2.24, 2.45) is 0 Å². The molecule has 0 bridgehead atoms. The lowest BCUT2D eigenvalue weighted by atomic mass is 10.3. The predicted octanol–water partition coefficient (Wildman–Crippen LogP) is 0.586. The van der Waals surface area contributed by atoms with Crippen LogP contribution in [0.5, 0.6) is 5.88 Å². The minimum Gasteiger partial charge on any atom is -0.492 e. The molecule has 1 N–H and O–H groups in total. The van der Waals surface area contributed by atoms with Crippen molar-refractivity contribution in [2.75, 3.05) is 7.11 Å². The van der Waals surface area contributed by atoms with Crippen molar-refractivity contribution in [3.8, 4) is 5.88 Å². The highest BCUT2D eigenvalue weighted by molar-refractivity contribution is 5.88. The third-order valence-corrected chi connectivity index (χ3v) is 1.60. The summed E-state index contributed by atoms with van der Waals surface area (Å²) < 4.78 is 4.46. The van der Waals surface area contributed by atoms with Crippen molar-refractivity contribution < 1.29 is 14.6 Å². The van der Waals surface area contributed by atoms with Gasteiger partial charge in [0.15, 0.2) is 5.69 Å². The van der Waals surface area contributed by atoms with Crippen molar-refractivity contribution in [3.05, 3.63) is 17.1 Å². The first-order valence-electron chi connectivity index (χ1n) is 3.68. The molecule has 1 rings (SSSR count). The normalized spacial score (nSPS) is 9.77. The van der Waals surface area contributed by atoms with Crippen LogP contribution in [-0.2, 0) is 4.74 Å². The van der Waals surface area contributed by atoms with Gasteiger partial charge in [-0.1, -0.05) is 0 Å². The molecule has 0 amide bonds. The molecule has 1 heterocycles. The Morgan fingerprint density at radius 2 is 1.92 bits per heavy atom. The van der Waals surface area contributed by atoms with E-state index in [9.17, 15) is 9.90 Å². The van der Waals surface area contributed by atoms with E-state index in [0.717, 1.165) is 0 Å². The highest BCUT2D eigenvalue weighted by atomic mass is 16.5. The van der Waals surface area contributed by atoms with Crippen LogP contribution in [-0.4, -0.2) is 28.2 Å². The number of aromatic nitrogens is 2. The average molecular weight is 182 g/mol. The Morgan fingerprint density at radius 3 is 2.46 bits per heavy atom. The van der Waals surface area contributed by atoms with Gasteiger partial charge in [-0.25, -0.2) is 9.78 Å². The Hall–Kier alpha value is -1.65. The van der Waals surface area contributed by atoms with Crippen molar-refractivity contribution in [1.29, 1.82) is 0 Å². The van der Waals surface area contributed by atoms with Gasteiger partial charge in [0.2, 0.25) is 5.88 Å². The van der Waals surface area contributed by atoms with Gasteiger partial charge in [0.25, 0.3) is 0 Å². The first kappa shape index (κ1) is 9.44. The van der Waals surface area contributed by atoms with Crippen LogP contribution in [0.25, 0.3) is 0 Å². The second-order valence-electron chi connectivity index (χ2n) is 2.56. The summed E-state index contributed by atoms with van der Waals surface area (Å²) in [5, 5.41) is 9.19. The van der Waals surface area contributed by atoms with Crippen LogP contribution < -0.4 is 0 Å². The fourth-order valence-corrected chi connectivity index (χ4v) is 0.912. The molecule has 0 aliphatic rings. The van der Waals surface area contributed by atoms with Gasteiger partial charge in [-0.2, -0.15) is 0 Å². The quantitative estimate of drug-likeness (QED) is 0.643. The highest BCUT2D eigenvalue weighted by Gasteiger charge is 2.14. The van der Waals surface area contributed by atoms with Crippen LogP contribution in [0.2, 0.25) is 0 Å². The monoisotopic (exact) mass is 182 g/mol. The Balaban J connectivity index is 3.23. The molecule has 0 aliphatic carbocycles. The van der Waals surface area contributed by atoms with Crippen molar-refractivity contribution in [2.45, 2.75) is 13.8 Å².